The Morgan fingerprint density at radius 2 is 1.84 bits per heavy atom. The zero-order valence-electron chi connectivity index (χ0n) is 15.8. The molecule has 6 nitrogen and oxygen atoms in total. The molecule has 0 aromatic heterocycles. The third-order valence-corrected chi connectivity index (χ3v) is 5.38. The molecule has 1 rings (SSSR count). The van der Waals surface area contributed by atoms with Crippen molar-refractivity contribution in [2.24, 2.45) is 0 Å². The fraction of sp³-hybridized carbons (Fsp3) is 0.611. The number of aryl methyl sites for hydroxylation is 1. The summed E-state index contributed by atoms with van der Waals surface area (Å²) in [5, 5.41) is 2.65. The molecule has 1 atom stereocenters. The van der Waals surface area contributed by atoms with Gasteiger partial charge in [0, 0.05) is 19.6 Å². The number of nitrogens with one attached hydrogen (secondary N) is 1. The molecule has 0 fully saturated rings. The summed E-state index contributed by atoms with van der Waals surface area (Å²) in [7, 11) is -1.82. The molecule has 0 saturated heterocycles. The number of amides is 1. The Bertz CT molecular complexity index is 639. The Labute approximate surface area is 151 Å². The minimum absolute atomic E-state index is 0.0809. The lowest BCUT2D eigenvalue weighted by Gasteiger charge is -2.24. The predicted molar refractivity (Wildman–Crippen MR) is 100 cm³/mol. The number of sulfonamides is 1. The average Bonchev–Trinajstić information content (AvgIpc) is 2.45. The van der Waals surface area contributed by atoms with Crippen molar-refractivity contribution in [3.05, 3.63) is 35.9 Å². The molecule has 0 radical (unpaired) electrons. The van der Waals surface area contributed by atoms with E-state index in [1.165, 1.54) is 11.4 Å². The van der Waals surface area contributed by atoms with Crippen LogP contribution in [0.25, 0.3) is 0 Å². The Hall–Kier alpha value is -1.60. The van der Waals surface area contributed by atoms with Gasteiger partial charge in [-0.1, -0.05) is 30.3 Å². The van der Waals surface area contributed by atoms with Crippen LogP contribution in [0.5, 0.6) is 0 Å². The molecule has 1 N–H and O–H groups in total. The molecule has 0 aliphatic carbocycles. The minimum Gasteiger partial charge on any atom is -0.444 e. The van der Waals surface area contributed by atoms with Crippen molar-refractivity contribution in [1.29, 1.82) is 0 Å². The van der Waals surface area contributed by atoms with Gasteiger partial charge in [0.1, 0.15) is 5.60 Å². The molecule has 0 saturated carbocycles. The summed E-state index contributed by atoms with van der Waals surface area (Å²) >= 11 is 0. The first kappa shape index (κ1) is 21.4. The summed E-state index contributed by atoms with van der Waals surface area (Å²) in [5.41, 5.74) is 0.541. The van der Waals surface area contributed by atoms with Crippen molar-refractivity contribution in [2.75, 3.05) is 19.3 Å². The topological polar surface area (TPSA) is 75.7 Å². The standard InChI is InChI=1S/C18H30N2O4S/c1-15(19-17(21)24-18(2,3)4)14-20(5)25(22,23)13-9-12-16-10-7-6-8-11-16/h6-8,10-11,15H,9,12-14H2,1-5H3,(H,19,21)/t15-/m0/s1. The number of carbonyl (C=O) groups excluding carboxylic acids is 1. The first-order chi connectivity index (χ1) is 11.5. The summed E-state index contributed by atoms with van der Waals surface area (Å²) in [4.78, 5) is 11.7. The van der Waals surface area contributed by atoms with Crippen LogP contribution in [-0.2, 0) is 21.2 Å². The number of carbonyl (C=O) groups is 1. The van der Waals surface area contributed by atoms with E-state index in [0.29, 0.717) is 6.42 Å². The second-order valence-corrected chi connectivity index (χ2v) is 9.43. The molecule has 0 heterocycles. The van der Waals surface area contributed by atoms with Crippen molar-refractivity contribution < 1.29 is 17.9 Å². The van der Waals surface area contributed by atoms with E-state index < -0.39 is 21.7 Å². The first-order valence-electron chi connectivity index (χ1n) is 8.47. The van der Waals surface area contributed by atoms with Gasteiger partial charge in [0.25, 0.3) is 0 Å². The summed E-state index contributed by atoms with van der Waals surface area (Å²) in [6.07, 6.45) is 0.736. The molecule has 0 spiro atoms. The van der Waals surface area contributed by atoms with Crippen LogP contribution in [0.4, 0.5) is 4.79 Å². The van der Waals surface area contributed by atoms with Gasteiger partial charge >= 0.3 is 6.09 Å². The first-order valence-corrected chi connectivity index (χ1v) is 10.1. The van der Waals surface area contributed by atoms with Crippen LogP contribution in [0.1, 0.15) is 39.7 Å². The Morgan fingerprint density at radius 1 is 1.24 bits per heavy atom. The normalized spacial score (nSPS) is 13.5. The fourth-order valence-corrected chi connectivity index (χ4v) is 3.58. The van der Waals surface area contributed by atoms with Gasteiger partial charge in [0.2, 0.25) is 10.0 Å². The lowest BCUT2D eigenvalue weighted by atomic mass is 10.1. The zero-order chi connectivity index (χ0) is 19.1. The van der Waals surface area contributed by atoms with E-state index in [4.69, 9.17) is 4.74 Å². The SMILES string of the molecule is C[C@@H](CN(C)S(=O)(=O)CCCc1ccccc1)NC(=O)OC(C)(C)C. The van der Waals surface area contributed by atoms with Gasteiger partial charge in [-0.3, -0.25) is 0 Å². The number of nitrogens with zero attached hydrogens (tertiary/aromatic N) is 1. The number of rotatable bonds is 8. The number of alkyl carbamates (subject to hydrolysis) is 1. The van der Waals surface area contributed by atoms with E-state index in [1.54, 1.807) is 27.7 Å². The van der Waals surface area contributed by atoms with Crippen molar-refractivity contribution in [3.8, 4) is 0 Å². The molecule has 0 aliphatic rings. The highest BCUT2D eigenvalue weighted by molar-refractivity contribution is 7.89. The average molecular weight is 371 g/mol. The van der Waals surface area contributed by atoms with E-state index in [1.807, 2.05) is 30.3 Å². The molecular formula is C18H30N2O4S. The van der Waals surface area contributed by atoms with Gasteiger partial charge in [0.05, 0.1) is 5.75 Å². The monoisotopic (exact) mass is 370 g/mol. The molecule has 142 valence electrons. The molecule has 0 unspecified atom stereocenters. The van der Waals surface area contributed by atoms with E-state index in [0.717, 1.165) is 12.0 Å². The lowest BCUT2D eigenvalue weighted by Crippen LogP contribution is -2.44. The highest BCUT2D eigenvalue weighted by atomic mass is 32.2. The number of ether oxygens (including phenoxy) is 1. The van der Waals surface area contributed by atoms with E-state index in [2.05, 4.69) is 5.32 Å². The van der Waals surface area contributed by atoms with Crippen LogP contribution in [0.3, 0.4) is 0 Å². The Kier molecular flexibility index (Phi) is 7.89. The predicted octanol–water partition coefficient (Wildman–Crippen LogP) is 2.79. The molecule has 1 aromatic rings. The number of likely N-dealkylation sites (N-methyl/N-ethyl adjacent to an activating group) is 1. The number of hydrogen-bond acceptors (Lipinski definition) is 4. The molecule has 1 aromatic carbocycles. The quantitative estimate of drug-likeness (QED) is 0.763. The Morgan fingerprint density at radius 3 is 2.40 bits per heavy atom. The van der Waals surface area contributed by atoms with E-state index >= 15 is 0 Å². The largest absolute Gasteiger partial charge is 0.444 e. The highest BCUT2D eigenvalue weighted by Gasteiger charge is 2.22. The Balaban J connectivity index is 2.43. The van der Waals surface area contributed by atoms with Crippen molar-refractivity contribution in [2.45, 2.75) is 52.2 Å². The summed E-state index contributed by atoms with van der Waals surface area (Å²) in [6, 6.07) is 9.46. The van der Waals surface area contributed by atoms with Crippen molar-refractivity contribution in [1.82, 2.24) is 9.62 Å². The molecule has 25 heavy (non-hydrogen) atoms. The molecule has 1 amide bonds. The second kappa shape index (κ2) is 9.20. The summed E-state index contributed by atoms with van der Waals surface area (Å²) in [6.45, 7) is 7.29. The van der Waals surface area contributed by atoms with Crippen LogP contribution < -0.4 is 5.32 Å². The fourth-order valence-electron chi connectivity index (χ4n) is 2.31. The second-order valence-electron chi connectivity index (χ2n) is 7.23. The van der Waals surface area contributed by atoms with E-state index in [9.17, 15) is 13.2 Å². The smallest absolute Gasteiger partial charge is 0.407 e. The third kappa shape index (κ3) is 8.88. The maximum atomic E-state index is 12.4. The number of benzene rings is 1. The molecule has 7 heteroatoms. The van der Waals surface area contributed by atoms with Crippen LogP contribution in [0.15, 0.2) is 30.3 Å². The van der Waals surface area contributed by atoms with Crippen LogP contribution in [0, 0.1) is 0 Å². The van der Waals surface area contributed by atoms with Crippen LogP contribution >= 0.6 is 0 Å². The van der Waals surface area contributed by atoms with Crippen molar-refractivity contribution >= 4 is 16.1 Å². The van der Waals surface area contributed by atoms with Gasteiger partial charge in [-0.25, -0.2) is 17.5 Å². The van der Waals surface area contributed by atoms with Gasteiger partial charge < -0.3 is 10.1 Å². The zero-order valence-corrected chi connectivity index (χ0v) is 16.6. The summed E-state index contributed by atoms with van der Waals surface area (Å²) < 4.78 is 31.2. The highest BCUT2D eigenvalue weighted by Crippen LogP contribution is 2.09. The summed E-state index contributed by atoms with van der Waals surface area (Å²) in [5.74, 6) is 0.0809. The maximum Gasteiger partial charge on any atom is 0.407 e. The molecular weight excluding hydrogens is 340 g/mol. The van der Waals surface area contributed by atoms with Gasteiger partial charge in [0.15, 0.2) is 0 Å². The maximum absolute atomic E-state index is 12.4. The lowest BCUT2D eigenvalue weighted by molar-refractivity contribution is 0.0504. The molecule has 0 bridgehead atoms. The molecule has 0 aliphatic heterocycles. The van der Waals surface area contributed by atoms with Crippen LogP contribution in [0.2, 0.25) is 0 Å². The van der Waals surface area contributed by atoms with Gasteiger partial charge in [-0.15, -0.1) is 0 Å². The minimum atomic E-state index is -3.36. The van der Waals surface area contributed by atoms with Gasteiger partial charge in [-0.2, -0.15) is 0 Å². The third-order valence-electron chi connectivity index (χ3n) is 3.48. The van der Waals surface area contributed by atoms with Gasteiger partial charge in [-0.05, 0) is 46.1 Å². The van der Waals surface area contributed by atoms with Crippen LogP contribution in [-0.4, -0.2) is 49.8 Å². The van der Waals surface area contributed by atoms with Crippen molar-refractivity contribution in [3.63, 3.8) is 0 Å². The number of hydrogen-bond donors (Lipinski definition) is 1. The van der Waals surface area contributed by atoms with E-state index in [-0.39, 0.29) is 18.3 Å².